The summed E-state index contributed by atoms with van der Waals surface area (Å²) in [5.41, 5.74) is 2.74. The van der Waals surface area contributed by atoms with Gasteiger partial charge in [0.1, 0.15) is 11.9 Å². The number of carbonyl (C=O) groups excluding carboxylic acids is 1. The molecule has 4 aromatic rings. The van der Waals surface area contributed by atoms with E-state index in [-0.39, 0.29) is 11.7 Å². The van der Waals surface area contributed by atoms with Gasteiger partial charge in [-0.3, -0.25) is 4.79 Å². The second-order valence-electron chi connectivity index (χ2n) is 7.56. The number of methoxy groups -OCH3 is 1. The number of amides is 1. The molecule has 1 fully saturated rings. The second kappa shape index (κ2) is 7.92. The molecule has 2 aromatic heterocycles. The molecular formula is C23H19FN4O4. The van der Waals surface area contributed by atoms with Crippen LogP contribution in [0.4, 0.5) is 10.1 Å². The van der Waals surface area contributed by atoms with E-state index in [4.69, 9.17) is 13.7 Å². The van der Waals surface area contributed by atoms with Crippen LogP contribution >= 0.6 is 0 Å². The molecule has 1 saturated carbocycles. The average molecular weight is 434 g/mol. The number of benzene rings is 2. The quantitative estimate of drug-likeness (QED) is 0.465. The molecule has 2 atom stereocenters. The molecule has 0 aliphatic heterocycles. The molecule has 162 valence electrons. The summed E-state index contributed by atoms with van der Waals surface area (Å²) in [5, 5.41) is 6.77. The van der Waals surface area contributed by atoms with Crippen molar-refractivity contribution in [3.63, 3.8) is 0 Å². The molecule has 8 nitrogen and oxygen atoms in total. The van der Waals surface area contributed by atoms with E-state index in [9.17, 15) is 9.18 Å². The van der Waals surface area contributed by atoms with Gasteiger partial charge >= 0.3 is 0 Å². The van der Waals surface area contributed by atoms with E-state index in [2.05, 4.69) is 20.4 Å². The van der Waals surface area contributed by atoms with Crippen molar-refractivity contribution in [2.45, 2.75) is 25.4 Å². The maximum Gasteiger partial charge on any atom is 0.293 e. The predicted octanol–water partition coefficient (Wildman–Crippen LogP) is 4.79. The van der Waals surface area contributed by atoms with E-state index in [1.54, 1.807) is 19.2 Å². The molecule has 2 heterocycles. The Morgan fingerprint density at radius 2 is 2.06 bits per heavy atom. The van der Waals surface area contributed by atoms with Gasteiger partial charge in [-0.1, -0.05) is 23.4 Å². The van der Waals surface area contributed by atoms with Crippen LogP contribution in [0.25, 0.3) is 22.8 Å². The van der Waals surface area contributed by atoms with Crippen LogP contribution in [0.15, 0.2) is 57.6 Å². The molecule has 0 spiro atoms. The molecule has 32 heavy (non-hydrogen) atoms. The first-order valence-corrected chi connectivity index (χ1v) is 10.0. The number of hydrogen-bond acceptors (Lipinski definition) is 7. The Morgan fingerprint density at radius 1 is 1.22 bits per heavy atom. The van der Waals surface area contributed by atoms with Gasteiger partial charge in [0, 0.05) is 16.8 Å². The maximum atomic E-state index is 13.2. The minimum Gasteiger partial charge on any atom is -0.497 e. The predicted molar refractivity (Wildman–Crippen MR) is 113 cm³/mol. The molecule has 0 unspecified atom stereocenters. The lowest BCUT2D eigenvalue weighted by molar-refractivity contribution is 0.0997. The lowest BCUT2D eigenvalue weighted by atomic mass is 10.1. The summed E-state index contributed by atoms with van der Waals surface area (Å²) in [6, 6.07) is 12.6. The van der Waals surface area contributed by atoms with Crippen molar-refractivity contribution in [3.8, 4) is 28.6 Å². The normalized spacial score (nSPS) is 17.2. The molecule has 9 heteroatoms. The summed E-state index contributed by atoms with van der Waals surface area (Å²) in [6.45, 7) is 1.86. The summed E-state index contributed by atoms with van der Waals surface area (Å²) in [4.78, 5) is 21.2. The number of aromatic nitrogens is 3. The van der Waals surface area contributed by atoms with Crippen LogP contribution in [0.2, 0.25) is 0 Å². The number of ether oxygens (including phenoxy) is 1. The maximum absolute atomic E-state index is 13.2. The highest BCUT2D eigenvalue weighted by Gasteiger charge is 2.43. The van der Waals surface area contributed by atoms with Crippen molar-refractivity contribution in [1.82, 2.24) is 15.1 Å². The van der Waals surface area contributed by atoms with Crippen LogP contribution in [0, 0.1) is 6.92 Å². The number of anilines is 1. The second-order valence-corrected chi connectivity index (χ2v) is 7.56. The third-order valence-corrected chi connectivity index (χ3v) is 5.26. The fourth-order valence-corrected chi connectivity index (χ4v) is 3.27. The molecule has 1 amide bonds. The third-order valence-electron chi connectivity index (χ3n) is 5.26. The molecule has 0 bridgehead atoms. The van der Waals surface area contributed by atoms with E-state index in [0.29, 0.717) is 46.6 Å². The van der Waals surface area contributed by atoms with Gasteiger partial charge in [-0.2, -0.15) is 4.98 Å². The standard InChI is InChI=1S/C23H19FN4O4/c1-12-6-7-13(20-27-23(32-28-20)16-10-17(16)24)9-18(12)26-21(29)19-11-25-22(31-19)14-4-3-5-15(8-14)30-2/h3-9,11,16-17H,10H2,1-2H3,(H,26,29)/t16-,17-/m0/s1. The average Bonchev–Trinajstić information content (AvgIpc) is 3.22. The van der Waals surface area contributed by atoms with Crippen LogP contribution in [0.3, 0.4) is 0 Å². The first kappa shape index (κ1) is 19.9. The first-order valence-electron chi connectivity index (χ1n) is 10.0. The number of nitrogens with one attached hydrogen (secondary N) is 1. The van der Waals surface area contributed by atoms with Gasteiger partial charge in [0.15, 0.2) is 0 Å². The lowest BCUT2D eigenvalue weighted by Gasteiger charge is -2.08. The number of aryl methyl sites for hydroxylation is 1. The Hall–Kier alpha value is -4.01. The van der Waals surface area contributed by atoms with Gasteiger partial charge in [-0.25, -0.2) is 9.37 Å². The monoisotopic (exact) mass is 434 g/mol. The molecule has 1 N–H and O–H groups in total. The van der Waals surface area contributed by atoms with Gasteiger partial charge in [0.05, 0.1) is 19.2 Å². The molecule has 5 rings (SSSR count). The Balaban J connectivity index is 1.35. The Morgan fingerprint density at radius 3 is 2.84 bits per heavy atom. The topological polar surface area (TPSA) is 103 Å². The van der Waals surface area contributed by atoms with Crippen LogP contribution in [-0.2, 0) is 0 Å². The van der Waals surface area contributed by atoms with Crippen molar-refractivity contribution in [3.05, 3.63) is 65.9 Å². The number of nitrogens with zero attached hydrogens (tertiary/aromatic N) is 3. The molecule has 0 radical (unpaired) electrons. The Kier molecular flexibility index (Phi) is 4.93. The Bertz CT molecular complexity index is 1300. The van der Waals surface area contributed by atoms with E-state index in [0.717, 1.165) is 5.56 Å². The molecule has 2 aromatic carbocycles. The van der Waals surface area contributed by atoms with Crippen molar-refractivity contribution in [2.75, 3.05) is 12.4 Å². The minimum atomic E-state index is -0.917. The van der Waals surface area contributed by atoms with Gasteiger partial charge in [-0.15, -0.1) is 0 Å². The zero-order valence-electron chi connectivity index (χ0n) is 17.3. The van der Waals surface area contributed by atoms with Crippen molar-refractivity contribution in [1.29, 1.82) is 0 Å². The summed E-state index contributed by atoms with van der Waals surface area (Å²) in [5.74, 6) is 0.916. The van der Waals surface area contributed by atoms with E-state index in [1.807, 2.05) is 37.3 Å². The summed E-state index contributed by atoms with van der Waals surface area (Å²) < 4.78 is 29.3. The molecule has 1 aliphatic rings. The fraction of sp³-hybridized carbons (Fsp3) is 0.217. The summed E-state index contributed by atoms with van der Waals surface area (Å²) in [6.07, 6.45) is 0.865. The number of carbonyl (C=O) groups is 1. The summed E-state index contributed by atoms with van der Waals surface area (Å²) in [7, 11) is 1.57. The van der Waals surface area contributed by atoms with Gasteiger partial charge in [0.25, 0.3) is 5.91 Å². The SMILES string of the molecule is COc1cccc(-c2ncc(C(=O)Nc3cc(-c4noc([C@H]5C[C@@H]5F)n4)ccc3C)o2)c1. The van der Waals surface area contributed by atoms with E-state index >= 15 is 0 Å². The van der Waals surface area contributed by atoms with E-state index < -0.39 is 12.1 Å². The van der Waals surface area contributed by atoms with Gasteiger partial charge < -0.3 is 19.0 Å². The largest absolute Gasteiger partial charge is 0.497 e. The van der Waals surface area contributed by atoms with Crippen molar-refractivity contribution in [2.24, 2.45) is 0 Å². The zero-order chi connectivity index (χ0) is 22.2. The van der Waals surface area contributed by atoms with Gasteiger partial charge in [0.2, 0.25) is 23.4 Å². The number of alkyl halides is 1. The summed E-state index contributed by atoms with van der Waals surface area (Å²) >= 11 is 0. The molecule has 0 saturated heterocycles. The first-order chi connectivity index (χ1) is 15.5. The fourth-order valence-electron chi connectivity index (χ4n) is 3.27. The van der Waals surface area contributed by atoms with Crippen molar-refractivity contribution < 1.29 is 22.9 Å². The number of rotatable bonds is 6. The van der Waals surface area contributed by atoms with Crippen LogP contribution < -0.4 is 10.1 Å². The minimum absolute atomic E-state index is 0.0668. The highest BCUT2D eigenvalue weighted by atomic mass is 19.1. The van der Waals surface area contributed by atoms with E-state index in [1.165, 1.54) is 6.20 Å². The highest BCUT2D eigenvalue weighted by Crippen LogP contribution is 2.43. The number of halogens is 1. The van der Waals surface area contributed by atoms with Crippen LogP contribution in [0.1, 0.15) is 34.3 Å². The number of hydrogen-bond donors (Lipinski definition) is 1. The third kappa shape index (κ3) is 3.84. The highest BCUT2D eigenvalue weighted by molar-refractivity contribution is 6.03. The lowest BCUT2D eigenvalue weighted by Crippen LogP contribution is -2.12. The van der Waals surface area contributed by atoms with Gasteiger partial charge in [-0.05, 0) is 43.2 Å². The molecule has 1 aliphatic carbocycles. The zero-order valence-corrected chi connectivity index (χ0v) is 17.3. The molecular weight excluding hydrogens is 415 g/mol. The van der Waals surface area contributed by atoms with Crippen LogP contribution in [-0.4, -0.2) is 34.3 Å². The number of oxazole rings is 1. The van der Waals surface area contributed by atoms with Crippen LogP contribution in [0.5, 0.6) is 5.75 Å². The smallest absolute Gasteiger partial charge is 0.293 e. The Labute approximate surface area is 182 Å². The van der Waals surface area contributed by atoms with Crippen molar-refractivity contribution >= 4 is 11.6 Å².